The van der Waals surface area contributed by atoms with E-state index in [0.717, 1.165) is 42.4 Å². The molecule has 0 aromatic heterocycles. The molecule has 0 heterocycles. The predicted octanol–water partition coefficient (Wildman–Crippen LogP) is 7.55. The van der Waals surface area contributed by atoms with Gasteiger partial charge in [-0.1, -0.05) is 77.7 Å². The molecule has 4 rings (SSSR count). The largest absolute Gasteiger partial charge is 0.393 e. The first kappa shape index (κ1) is 21.7. The van der Waals surface area contributed by atoms with Gasteiger partial charge in [0.1, 0.15) is 0 Å². The summed E-state index contributed by atoms with van der Waals surface area (Å²) < 4.78 is 0. The van der Waals surface area contributed by atoms with Gasteiger partial charge in [-0.25, -0.2) is 0 Å². The van der Waals surface area contributed by atoms with E-state index in [2.05, 4.69) is 47.3 Å². The van der Waals surface area contributed by atoms with Crippen LogP contribution in [-0.2, 0) is 0 Å². The van der Waals surface area contributed by atoms with Gasteiger partial charge in [0.15, 0.2) is 0 Å². The summed E-state index contributed by atoms with van der Waals surface area (Å²) in [5, 5.41) is 10.3. The zero-order valence-corrected chi connectivity index (χ0v) is 19.8. The number of hydrogen-bond donors (Lipinski definition) is 1. The minimum absolute atomic E-state index is 0.130. The van der Waals surface area contributed by atoms with Gasteiger partial charge in [-0.3, -0.25) is 0 Å². The number of hydrogen-bond acceptors (Lipinski definition) is 1. The highest BCUT2D eigenvalue weighted by Gasteiger charge is 2.59. The van der Waals surface area contributed by atoms with E-state index in [1.165, 1.54) is 62.5 Å². The van der Waals surface area contributed by atoms with Crippen LogP contribution in [0, 0.1) is 46.3 Å². The molecule has 0 aliphatic heterocycles. The Kier molecular flexibility index (Phi) is 5.86. The van der Waals surface area contributed by atoms with E-state index in [1.54, 1.807) is 0 Å². The van der Waals surface area contributed by atoms with Crippen LogP contribution in [0.15, 0.2) is 23.8 Å². The van der Waals surface area contributed by atoms with Gasteiger partial charge in [-0.2, -0.15) is 0 Å². The Balaban J connectivity index is 1.54. The molecular formula is C28H46O. The minimum Gasteiger partial charge on any atom is -0.393 e. The maximum absolute atomic E-state index is 10.3. The molecule has 1 heteroatoms. The molecule has 4 aliphatic carbocycles. The Morgan fingerprint density at radius 1 is 1.03 bits per heavy atom. The molecule has 1 N–H and O–H groups in total. The van der Waals surface area contributed by atoms with Crippen molar-refractivity contribution in [1.29, 1.82) is 0 Å². The maximum atomic E-state index is 10.3. The average molecular weight is 399 g/mol. The summed E-state index contributed by atoms with van der Waals surface area (Å²) in [5.74, 6) is 4.88. The van der Waals surface area contributed by atoms with Crippen LogP contribution < -0.4 is 0 Å². The third kappa shape index (κ3) is 3.58. The molecule has 8 atom stereocenters. The fraction of sp³-hybridized carbons (Fsp3) is 0.857. The smallest absolute Gasteiger partial charge is 0.0578 e. The molecule has 0 saturated heterocycles. The van der Waals surface area contributed by atoms with Gasteiger partial charge in [-0.15, -0.1) is 0 Å². The Morgan fingerprint density at radius 2 is 1.79 bits per heavy atom. The molecule has 3 fully saturated rings. The Hall–Kier alpha value is -0.560. The monoisotopic (exact) mass is 398 g/mol. The summed E-state index contributed by atoms with van der Waals surface area (Å²) in [6.07, 6.45) is 15.2. The molecule has 0 radical (unpaired) electrons. The molecule has 0 amide bonds. The molecule has 0 spiro atoms. The van der Waals surface area contributed by atoms with Crippen LogP contribution in [0.3, 0.4) is 0 Å². The molecule has 29 heavy (non-hydrogen) atoms. The van der Waals surface area contributed by atoms with Gasteiger partial charge >= 0.3 is 0 Å². The van der Waals surface area contributed by atoms with E-state index >= 15 is 0 Å². The van der Waals surface area contributed by atoms with E-state index < -0.39 is 0 Å². The summed E-state index contributed by atoms with van der Waals surface area (Å²) >= 11 is 0. The van der Waals surface area contributed by atoms with Crippen LogP contribution >= 0.6 is 0 Å². The number of rotatable bonds is 5. The molecule has 4 aliphatic rings. The van der Waals surface area contributed by atoms with Crippen molar-refractivity contribution in [3.63, 3.8) is 0 Å². The first-order valence-electron chi connectivity index (χ1n) is 12.7. The SMILES string of the molecule is C=C1C=C2C[C@@H](O)CC[C@]2(C)[C@H]2CC[C@]3(C)[C@@H](C(C)CCCC(C)C)CC[C@H]3[C@H]12. The van der Waals surface area contributed by atoms with E-state index in [0.29, 0.717) is 16.7 Å². The van der Waals surface area contributed by atoms with Gasteiger partial charge in [0.2, 0.25) is 0 Å². The summed E-state index contributed by atoms with van der Waals surface area (Å²) in [4.78, 5) is 0. The summed E-state index contributed by atoms with van der Waals surface area (Å²) in [6.45, 7) is 17.1. The summed E-state index contributed by atoms with van der Waals surface area (Å²) in [7, 11) is 0. The lowest BCUT2D eigenvalue weighted by Crippen LogP contribution is -2.51. The lowest BCUT2D eigenvalue weighted by atomic mass is 9.46. The van der Waals surface area contributed by atoms with Crippen molar-refractivity contribution in [2.45, 2.75) is 105 Å². The molecule has 0 aromatic carbocycles. The Morgan fingerprint density at radius 3 is 2.52 bits per heavy atom. The number of allylic oxidation sites excluding steroid dienone is 2. The van der Waals surface area contributed by atoms with Crippen LogP contribution in [0.5, 0.6) is 0 Å². The van der Waals surface area contributed by atoms with Crippen molar-refractivity contribution in [1.82, 2.24) is 0 Å². The Labute approximate surface area is 180 Å². The van der Waals surface area contributed by atoms with Crippen LogP contribution in [0.2, 0.25) is 0 Å². The first-order valence-corrected chi connectivity index (χ1v) is 12.7. The predicted molar refractivity (Wildman–Crippen MR) is 124 cm³/mol. The van der Waals surface area contributed by atoms with Crippen molar-refractivity contribution >= 4 is 0 Å². The highest BCUT2D eigenvalue weighted by Crippen LogP contribution is 2.68. The lowest BCUT2D eigenvalue weighted by molar-refractivity contribution is -0.0415. The van der Waals surface area contributed by atoms with Gasteiger partial charge < -0.3 is 5.11 Å². The second-order valence-electron chi connectivity index (χ2n) is 12.3. The van der Waals surface area contributed by atoms with Crippen molar-refractivity contribution < 1.29 is 5.11 Å². The summed E-state index contributed by atoms with van der Waals surface area (Å²) in [5.41, 5.74) is 3.74. The number of aliphatic hydroxyl groups is 1. The van der Waals surface area contributed by atoms with E-state index in [9.17, 15) is 5.11 Å². The van der Waals surface area contributed by atoms with Gasteiger partial charge in [0.25, 0.3) is 0 Å². The zero-order chi connectivity index (χ0) is 21.0. The van der Waals surface area contributed by atoms with Gasteiger partial charge in [0.05, 0.1) is 6.10 Å². The Bertz CT molecular complexity index is 659. The molecule has 1 nitrogen and oxygen atoms in total. The third-order valence-electron chi connectivity index (χ3n) is 10.3. The van der Waals surface area contributed by atoms with Crippen molar-refractivity contribution in [2.75, 3.05) is 0 Å². The molecule has 1 unspecified atom stereocenters. The van der Waals surface area contributed by atoms with Crippen molar-refractivity contribution in [3.8, 4) is 0 Å². The van der Waals surface area contributed by atoms with Crippen LogP contribution in [0.4, 0.5) is 0 Å². The lowest BCUT2D eigenvalue weighted by Gasteiger charge is -2.59. The normalized spacial score (nSPS) is 45.4. The second kappa shape index (κ2) is 7.85. The number of fused-ring (bicyclic) bond motifs is 5. The highest BCUT2D eigenvalue weighted by atomic mass is 16.3. The highest BCUT2D eigenvalue weighted by molar-refractivity contribution is 5.37. The van der Waals surface area contributed by atoms with E-state index in [1.807, 2.05) is 0 Å². The molecular weight excluding hydrogens is 352 g/mol. The van der Waals surface area contributed by atoms with Crippen LogP contribution in [0.1, 0.15) is 98.8 Å². The fourth-order valence-corrected chi connectivity index (χ4v) is 8.58. The minimum atomic E-state index is -0.130. The van der Waals surface area contributed by atoms with E-state index in [4.69, 9.17) is 0 Å². The zero-order valence-electron chi connectivity index (χ0n) is 19.8. The van der Waals surface area contributed by atoms with Crippen molar-refractivity contribution in [3.05, 3.63) is 23.8 Å². The molecule has 0 aromatic rings. The van der Waals surface area contributed by atoms with Gasteiger partial charge in [0, 0.05) is 0 Å². The fourth-order valence-electron chi connectivity index (χ4n) is 8.58. The molecule has 164 valence electrons. The summed E-state index contributed by atoms with van der Waals surface area (Å²) in [6, 6.07) is 0. The molecule has 0 bridgehead atoms. The van der Waals surface area contributed by atoms with Crippen LogP contribution in [0.25, 0.3) is 0 Å². The standard InChI is InChI=1S/C28H46O/c1-18(2)8-7-9-19(3)23-10-11-24-26-20(4)16-21-17-22(29)12-14-27(21,5)25(26)13-15-28(23,24)6/h16,18-19,22-26,29H,4,7-15,17H2,1-3,5-6H3/t19?,22-,23+,24-,25-,26-,27-,28+/m0/s1. The number of aliphatic hydroxyl groups excluding tert-OH is 1. The first-order chi connectivity index (χ1) is 13.7. The maximum Gasteiger partial charge on any atom is 0.0578 e. The molecule has 3 saturated carbocycles. The van der Waals surface area contributed by atoms with Crippen molar-refractivity contribution in [2.24, 2.45) is 46.3 Å². The topological polar surface area (TPSA) is 20.2 Å². The average Bonchev–Trinajstić information content (AvgIpc) is 3.00. The van der Waals surface area contributed by atoms with E-state index in [-0.39, 0.29) is 6.10 Å². The third-order valence-corrected chi connectivity index (χ3v) is 10.3. The van der Waals surface area contributed by atoms with Gasteiger partial charge in [-0.05, 0) is 91.3 Å². The van der Waals surface area contributed by atoms with Crippen LogP contribution in [-0.4, -0.2) is 11.2 Å². The second-order valence-corrected chi connectivity index (χ2v) is 12.3. The quantitative estimate of drug-likeness (QED) is 0.506.